The van der Waals surface area contributed by atoms with Crippen molar-refractivity contribution in [3.63, 3.8) is 0 Å². The average molecular weight is 329 g/mol. The number of carbonyl (C=O) groups excluding carboxylic acids is 1. The van der Waals surface area contributed by atoms with E-state index in [-0.39, 0.29) is 11.7 Å². The quantitative estimate of drug-likeness (QED) is 0.548. The molecule has 4 rings (SSSR count). The average Bonchev–Trinajstić information content (AvgIpc) is 3.08. The first-order valence-corrected chi connectivity index (χ1v) is 7.80. The lowest BCUT2D eigenvalue weighted by molar-refractivity contribution is 0.0999. The van der Waals surface area contributed by atoms with Gasteiger partial charge in [-0.05, 0) is 47.5 Å². The molecule has 3 N–H and O–H groups in total. The highest BCUT2D eigenvalue weighted by molar-refractivity contribution is 6.06. The Morgan fingerprint density at radius 1 is 0.960 bits per heavy atom. The molecule has 0 saturated heterocycles. The summed E-state index contributed by atoms with van der Waals surface area (Å²) >= 11 is 0. The summed E-state index contributed by atoms with van der Waals surface area (Å²) in [5, 5.41) is 3.71. The molecule has 0 fully saturated rings. The summed E-state index contributed by atoms with van der Waals surface area (Å²) in [5.74, 6) is -0.0929. The number of amides is 1. The molecular formula is C20H15N3O2. The molecule has 0 radical (unpaired) electrons. The number of hydrogen-bond donors (Lipinski definition) is 2. The van der Waals surface area contributed by atoms with Gasteiger partial charge >= 0.3 is 0 Å². The van der Waals surface area contributed by atoms with Crippen molar-refractivity contribution in [2.24, 2.45) is 0 Å². The van der Waals surface area contributed by atoms with E-state index in [0.717, 1.165) is 16.5 Å². The Morgan fingerprint density at radius 2 is 1.76 bits per heavy atom. The number of rotatable bonds is 3. The molecule has 0 aliphatic carbocycles. The van der Waals surface area contributed by atoms with Crippen molar-refractivity contribution in [2.75, 3.05) is 11.1 Å². The Kier molecular flexibility index (Phi) is 3.67. The van der Waals surface area contributed by atoms with Gasteiger partial charge in [0.25, 0.3) is 5.91 Å². The van der Waals surface area contributed by atoms with Gasteiger partial charge in [0, 0.05) is 17.8 Å². The number of nitrogens with one attached hydrogen (secondary N) is 1. The second kappa shape index (κ2) is 6.13. The van der Waals surface area contributed by atoms with E-state index in [4.69, 9.17) is 10.2 Å². The first-order chi connectivity index (χ1) is 12.2. The highest BCUT2D eigenvalue weighted by atomic mass is 16.3. The SMILES string of the molecule is Nc1ccc(-c2ccncc2)cc1NC(=O)c1cc2ccccc2o1. The summed E-state index contributed by atoms with van der Waals surface area (Å²) < 4.78 is 5.60. The molecule has 0 bridgehead atoms. The van der Waals surface area contributed by atoms with Crippen LogP contribution in [0.3, 0.4) is 0 Å². The van der Waals surface area contributed by atoms with Crippen molar-refractivity contribution in [2.45, 2.75) is 0 Å². The van der Waals surface area contributed by atoms with Crippen LogP contribution in [-0.4, -0.2) is 10.9 Å². The molecule has 0 aliphatic rings. The summed E-state index contributed by atoms with van der Waals surface area (Å²) in [6.07, 6.45) is 3.44. The fraction of sp³-hybridized carbons (Fsp3) is 0. The number of carbonyl (C=O) groups is 1. The van der Waals surface area contributed by atoms with Gasteiger partial charge in [0.2, 0.25) is 0 Å². The van der Waals surface area contributed by atoms with Crippen LogP contribution < -0.4 is 11.1 Å². The Labute approximate surface area is 144 Å². The molecule has 122 valence electrons. The highest BCUT2D eigenvalue weighted by Gasteiger charge is 2.14. The van der Waals surface area contributed by atoms with Crippen LogP contribution >= 0.6 is 0 Å². The van der Waals surface area contributed by atoms with Crippen LogP contribution in [0.1, 0.15) is 10.6 Å². The lowest BCUT2D eigenvalue weighted by atomic mass is 10.1. The van der Waals surface area contributed by atoms with Crippen LogP contribution in [0.5, 0.6) is 0 Å². The third-order valence-corrected chi connectivity index (χ3v) is 3.96. The third kappa shape index (κ3) is 2.95. The van der Waals surface area contributed by atoms with Crippen molar-refractivity contribution in [1.29, 1.82) is 0 Å². The molecule has 2 heterocycles. The molecule has 0 unspecified atom stereocenters. The molecule has 0 atom stereocenters. The fourth-order valence-electron chi connectivity index (χ4n) is 2.67. The topological polar surface area (TPSA) is 81.1 Å². The van der Waals surface area contributed by atoms with E-state index < -0.39 is 0 Å². The number of nitrogen functional groups attached to an aromatic ring is 1. The normalized spacial score (nSPS) is 10.7. The van der Waals surface area contributed by atoms with Crippen LogP contribution in [0, 0.1) is 0 Å². The van der Waals surface area contributed by atoms with E-state index in [2.05, 4.69) is 10.3 Å². The van der Waals surface area contributed by atoms with Crippen molar-refractivity contribution < 1.29 is 9.21 Å². The van der Waals surface area contributed by atoms with Crippen molar-refractivity contribution in [1.82, 2.24) is 4.98 Å². The molecule has 5 heteroatoms. The third-order valence-electron chi connectivity index (χ3n) is 3.96. The van der Waals surface area contributed by atoms with Crippen LogP contribution in [0.15, 0.2) is 77.5 Å². The zero-order valence-electron chi connectivity index (χ0n) is 13.3. The van der Waals surface area contributed by atoms with Gasteiger partial charge in [-0.25, -0.2) is 0 Å². The van der Waals surface area contributed by atoms with Crippen LogP contribution in [0.4, 0.5) is 11.4 Å². The largest absolute Gasteiger partial charge is 0.451 e. The first-order valence-electron chi connectivity index (χ1n) is 7.80. The lowest BCUT2D eigenvalue weighted by Gasteiger charge is -2.09. The van der Waals surface area contributed by atoms with E-state index in [1.165, 1.54) is 0 Å². The molecular weight excluding hydrogens is 314 g/mol. The molecule has 0 saturated carbocycles. The maximum atomic E-state index is 12.5. The van der Waals surface area contributed by atoms with Crippen molar-refractivity contribution >= 4 is 28.3 Å². The number of fused-ring (bicyclic) bond motifs is 1. The number of nitrogens with two attached hydrogens (primary N) is 1. The van der Waals surface area contributed by atoms with E-state index in [1.807, 2.05) is 48.5 Å². The Morgan fingerprint density at radius 3 is 2.56 bits per heavy atom. The summed E-state index contributed by atoms with van der Waals surface area (Å²) in [6, 6.07) is 18.5. The van der Waals surface area contributed by atoms with Gasteiger partial charge < -0.3 is 15.5 Å². The minimum atomic E-state index is -0.338. The minimum Gasteiger partial charge on any atom is -0.451 e. The predicted octanol–water partition coefficient (Wildman–Crippen LogP) is 4.33. The number of benzene rings is 2. The van der Waals surface area contributed by atoms with Gasteiger partial charge in [0.05, 0.1) is 11.4 Å². The molecule has 0 spiro atoms. The van der Waals surface area contributed by atoms with Gasteiger partial charge in [-0.15, -0.1) is 0 Å². The second-order valence-corrected chi connectivity index (χ2v) is 5.64. The summed E-state index contributed by atoms with van der Waals surface area (Å²) in [5.41, 5.74) is 9.65. The van der Waals surface area contributed by atoms with Gasteiger partial charge in [0.15, 0.2) is 5.76 Å². The summed E-state index contributed by atoms with van der Waals surface area (Å²) in [4.78, 5) is 16.5. The predicted molar refractivity (Wildman–Crippen MR) is 98.3 cm³/mol. The van der Waals surface area contributed by atoms with E-state index in [9.17, 15) is 4.79 Å². The highest BCUT2D eigenvalue weighted by Crippen LogP contribution is 2.28. The van der Waals surface area contributed by atoms with Gasteiger partial charge in [-0.2, -0.15) is 0 Å². The molecule has 5 nitrogen and oxygen atoms in total. The number of furan rings is 1. The van der Waals surface area contributed by atoms with Crippen LogP contribution in [-0.2, 0) is 0 Å². The minimum absolute atomic E-state index is 0.245. The van der Waals surface area contributed by atoms with E-state index in [0.29, 0.717) is 17.0 Å². The Balaban J connectivity index is 1.64. The van der Waals surface area contributed by atoms with Crippen molar-refractivity contribution in [3.8, 4) is 11.1 Å². The van der Waals surface area contributed by atoms with Gasteiger partial charge in [-0.1, -0.05) is 24.3 Å². The summed E-state index contributed by atoms with van der Waals surface area (Å²) in [6.45, 7) is 0. The zero-order valence-corrected chi connectivity index (χ0v) is 13.3. The monoisotopic (exact) mass is 329 g/mol. The number of nitrogens with zero attached hydrogens (tertiary/aromatic N) is 1. The smallest absolute Gasteiger partial charge is 0.291 e. The zero-order chi connectivity index (χ0) is 17.2. The maximum absolute atomic E-state index is 12.5. The molecule has 4 aromatic rings. The number of pyridine rings is 1. The van der Waals surface area contributed by atoms with E-state index in [1.54, 1.807) is 24.5 Å². The van der Waals surface area contributed by atoms with Gasteiger partial charge in [0.1, 0.15) is 5.58 Å². The first kappa shape index (κ1) is 15.0. The second-order valence-electron chi connectivity index (χ2n) is 5.64. The number of para-hydroxylation sites is 1. The van der Waals surface area contributed by atoms with Crippen LogP contribution in [0.2, 0.25) is 0 Å². The number of aromatic nitrogens is 1. The standard InChI is InChI=1S/C20H15N3O2/c21-16-6-5-14(13-7-9-22-10-8-13)11-17(16)23-20(24)19-12-15-3-1-2-4-18(15)25-19/h1-12H,21H2,(H,23,24). The maximum Gasteiger partial charge on any atom is 0.291 e. The molecule has 25 heavy (non-hydrogen) atoms. The molecule has 1 amide bonds. The molecule has 2 aromatic carbocycles. The number of hydrogen-bond acceptors (Lipinski definition) is 4. The van der Waals surface area contributed by atoms with Crippen LogP contribution in [0.25, 0.3) is 22.1 Å². The fourth-order valence-corrected chi connectivity index (χ4v) is 2.67. The van der Waals surface area contributed by atoms with E-state index >= 15 is 0 Å². The Bertz CT molecular complexity index is 1020. The van der Waals surface area contributed by atoms with Crippen molar-refractivity contribution in [3.05, 3.63) is 78.8 Å². The summed E-state index contributed by atoms with van der Waals surface area (Å²) in [7, 11) is 0. The van der Waals surface area contributed by atoms with Gasteiger partial charge in [-0.3, -0.25) is 9.78 Å². The molecule has 0 aliphatic heterocycles. The number of anilines is 2. The molecule has 2 aromatic heterocycles. The lowest BCUT2D eigenvalue weighted by Crippen LogP contribution is -2.12. The Hall–Kier alpha value is -3.60.